The van der Waals surface area contributed by atoms with Crippen LogP contribution in [0.15, 0.2) is 17.0 Å². The van der Waals surface area contributed by atoms with Crippen molar-refractivity contribution in [2.24, 2.45) is 11.1 Å². The molecule has 2 N–H and O–H groups in total. The van der Waals surface area contributed by atoms with Gasteiger partial charge in [0, 0.05) is 25.2 Å². The number of rotatable bonds is 4. The molecule has 0 bridgehead atoms. The number of benzene rings is 1. The fourth-order valence-electron chi connectivity index (χ4n) is 2.91. The van der Waals surface area contributed by atoms with Crippen LogP contribution in [0.2, 0.25) is 0 Å². The molecular formula is C16H27ClN2O4S. The number of hydrogen-bond acceptors (Lipinski definition) is 5. The molecule has 0 radical (unpaired) electrons. The summed E-state index contributed by atoms with van der Waals surface area (Å²) in [6.07, 6.45) is 0.651. The summed E-state index contributed by atoms with van der Waals surface area (Å²) in [5.41, 5.74) is 6.49. The van der Waals surface area contributed by atoms with Crippen LogP contribution in [0.5, 0.6) is 11.5 Å². The van der Waals surface area contributed by atoms with E-state index in [4.69, 9.17) is 15.2 Å². The molecule has 138 valence electrons. The third-order valence-electron chi connectivity index (χ3n) is 4.58. The van der Waals surface area contributed by atoms with Gasteiger partial charge in [-0.2, -0.15) is 4.31 Å². The van der Waals surface area contributed by atoms with E-state index in [0.29, 0.717) is 36.6 Å². The number of ether oxygens (including phenoxy) is 2. The lowest BCUT2D eigenvalue weighted by molar-refractivity contribution is 0.155. The Kier molecular flexibility index (Phi) is 6.55. The highest BCUT2D eigenvalue weighted by molar-refractivity contribution is 7.89. The summed E-state index contributed by atoms with van der Waals surface area (Å²) in [6, 6.07) is 3.22. The molecule has 0 aromatic heterocycles. The van der Waals surface area contributed by atoms with Crippen molar-refractivity contribution in [3.05, 3.63) is 17.7 Å². The first kappa shape index (κ1) is 21.0. The van der Waals surface area contributed by atoms with E-state index in [2.05, 4.69) is 0 Å². The maximum absolute atomic E-state index is 13.1. The molecule has 8 heteroatoms. The maximum atomic E-state index is 13.1. The molecule has 1 heterocycles. The Bertz CT molecular complexity index is 692. The lowest BCUT2D eigenvalue weighted by Crippen LogP contribution is -2.53. The molecule has 0 spiro atoms. The molecule has 1 aliphatic heterocycles. The molecule has 0 aliphatic carbocycles. The van der Waals surface area contributed by atoms with Crippen molar-refractivity contribution in [2.45, 2.75) is 38.1 Å². The third kappa shape index (κ3) is 3.79. The van der Waals surface area contributed by atoms with Crippen LogP contribution in [0.1, 0.15) is 25.8 Å². The van der Waals surface area contributed by atoms with Gasteiger partial charge in [0.15, 0.2) is 11.5 Å². The standard InChI is InChI=1S/C16H26N2O4S.ClH/c1-11-8-12(21-4)13(22-5)9-14(11)23(19,20)18-7-6-15(17)16(2,3)10-18;/h8-9,15H,6-7,10,17H2,1-5H3;1H. The lowest BCUT2D eigenvalue weighted by atomic mass is 9.81. The number of halogens is 1. The van der Waals surface area contributed by atoms with Crippen LogP contribution in [-0.4, -0.2) is 46.1 Å². The van der Waals surface area contributed by atoms with Crippen molar-refractivity contribution in [1.82, 2.24) is 4.31 Å². The molecule has 0 saturated carbocycles. The van der Waals surface area contributed by atoms with Crippen LogP contribution in [-0.2, 0) is 10.0 Å². The van der Waals surface area contributed by atoms with Crippen molar-refractivity contribution in [2.75, 3.05) is 27.3 Å². The van der Waals surface area contributed by atoms with E-state index < -0.39 is 10.0 Å². The SMILES string of the molecule is COc1cc(C)c(S(=O)(=O)N2CCC(N)C(C)(C)C2)cc1OC.Cl. The van der Waals surface area contributed by atoms with E-state index >= 15 is 0 Å². The Balaban J connectivity index is 0.00000288. The summed E-state index contributed by atoms with van der Waals surface area (Å²) in [7, 11) is -0.582. The largest absolute Gasteiger partial charge is 0.493 e. The molecule has 1 atom stereocenters. The topological polar surface area (TPSA) is 81.9 Å². The van der Waals surface area contributed by atoms with Crippen LogP contribution < -0.4 is 15.2 Å². The van der Waals surface area contributed by atoms with E-state index in [1.807, 2.05) is 13.8 Å². The van der Waals surface area contributed by atoms with Crippen LogP contribution in [0.25, 0.3) is 0 Å². The van der Waals surface area contributed by atoms with Gasteiger partial charge in [0.25, 0.3) is 0 Å². The van der Waals surface area contributed by atoms with Gasteiger partial charge < -0.3 is 15.2 Å². The number of nitrogens with two attached hydrogens (primary N) is 1. The van der Waals surface area contributed by atoms with Crippen LogP contribution in [0, 0.1) is 12.3 Å². The molecule has 24 heavy (non-hydrogen) atoms. The van der Waals surface area contributed by atoms with Gasteiger partial charge >= 0.3 is 0 Å². The molecular weight excluding hydrogens is 352 g/mol. The fourth-order valence-corrected chi connectivity index (χ4v) is 4.76. The Morgan fingerprint density at radius 3 is 2.25 bits per heavy atom. The number of sulfonamides is 1. The second-order valence-electron chi connectivity index (χ2n) is 6.70. The van der Waals surface area contributed by atoms with Gasteiger partial charge in [-0.25, -0.2) is 8.42 Å². The normalized spacial score (nSPS) is 21.0. The van der Waals surface area contributed by atoms with Gasteiger partial charge in [0.1, 0.15) is 0 Å². The van der Waals surface area contributed by atoms with Crippen molar-refractivity contribution in [3.63, 3.8) is 0 Å². The van der Waals surface area contributed by atoms with Gasteiger partial charge in [-0.3, -0.25) is 0 Å². The van der Waals surface area contributed by atoms with Gasteiger partial charge in [-0.1, -0.05) is 13.8 Å². The number of methoxy groups -OCH3 is 2. The van der Waals surface area contributed by atoms with Crippen molar-refractivity contribution >= 4 is 22.4 Å². The summed E-state index contributed by atoms with van der Waals surface area (Å²) < 4.78 is 38.1. The predicted molar refractivity (Wildman–Crippen MR) is 96.7 cm³/mol. The molecule has 1 saturated heterocycles. The number of piperidine rings is 1. The summed E-state index contributed by atoms with van der Waals surface area (Å²) >= 11 is 0. The second-order valence-corrected chi connectivity index (χ2v) is 8.60. The molecule has 2 rings (SSSR count). The first-order chi connectivity index (χ1) is 10.6. The monoisotopic (exact) mass is 378 g/mol. The number of hydrogen-bond donors (Lipinski definition) is 1. The molecule has 1 aliphatic rings. The fraction of sp³-hybridized carbons (Fsp3) is 0.625. The summed E-state index contributed by atoms with van der Waals surface area (Å²) in [4.78, 5) is 0.251. The van der Waals surface area contributed by atoms with Crippen molar-refractivity contribution in [3.8, 4) is 11.5 Å². The van der Waals surface area contributed by atoms with Crippen LogP contribution in [0.4, 0.5) is 0 Å². The predicted octanol–water partition coefficient (Wildman–Crippen LogP) is 2.18. The van der Waals surface area contributed by atoms with E-state index in [1.165, 1.54) is 24.6 Å². The Labute approximate surface area is 150 Å². The minimum atomic E-state index is -3.60. The number of aryl methyl sites for hydroxylation is 1. The molecule has 6 nitrogen and oxygen atoms in total. The van der Waals surface area contributed by atoms with E-state index in [1.54, 1.807) is 13.0 Å². The zero-order valence-corrected chi connectivity index (χ0v) is 16.5. The Morgan fingerprint density at radius 1 is 1.21 bits per heavy atom. The van der Waals surface area contributed by atoms with Gasteiger partial charge in [0.2, 0.25) is 10.0 Å². The second kappa shape index (κ2) is 7.47. The van der Waals surface area contributed by atoms with Crippen molar-refractivity contribution in [1.29, 1.82) is 0 Å². The molecule has 1 fully saturated rings. The van der Waals surface area contributed by atoms with Gasteiger partial charge in [-0.15, -0.1) is 12.4 Å². The van der Waals surface area contributed by atoms with E-state index in [9.17, 15) is 8.42 Å². The summed E-state index contributed by atoms with van der Waals surface area (Å²) in [5, 5.41) is 0. The van der Waals surface area contributed by atoms with Gasteiger partial charge in [0.05, 0.1) is 19.1 Å². The minimum Gasteiger partial charge on any atom is -0.493 e. The lowest BCUT2D eigenvalue weighted by Gasteiger charge is -2.41. The zero-order chi connectivity index (χ0) is 17.4. The summed E-state index contributed by atoms with van der Waals surface area (Å²) in [5.74, 6) is 0.926. The molecule has 1 aromatic rings. The van der Waals surface area contributed by atoms with Crippen molar-refractivity contribution < 1.29 is 17.9 Å². The molecule has 0 amide bonds. The average molecular weight is 379 g/mol. The Morgan fingerprint density at radius 2 is 1.75 bits per heavy atom. The third-order valence-corrected chi connectivity index (χ3v) is 6.56. The number of nitrogens with zero attached hydrogens (tertiary/aromatic N) is 1. The van der Waals surface area contributed by atoms with E-state index in [-0.39, 0.29) is 28.8 Å². The highest BCUT2D eigenvalue weighted by atomic mass is 35.5. The first-order valence-electron chi connectivity index (χ1n) is 7.62. The van der Waals surface area contributed by atoms with E-state index in [0.717, 1.165) is 0 Å². The molecule has 1 unspecified atom stereocenters. The van der Waals surface area contributed by atoms with Gasteiger partial charge in [-0.05, 0) is 30.4 Å². The minimum absolute atomic E-state index is 0. The smallest absolute Gasteiger partial charge is 0.243 e. The highest BCUT2D eigenvalue weighted by Crippen LogP contribution is 2.36. The highest BCUT2D eigenvalue weighted by Gasteiger charge is 2.39. The molecule has 1 aromatic carbocycles. The summed E-state index contributed by atoms with van der Waals surface area (Å²) in [6.45, 7) is 6.60. The first-order valence-corrected chi connectivity index (χ1v) is 9.06. The Hall–Kier alpha value is -1.02. The average Bonchev–Trinajstić information content (AvgIpc) is 2.49. The zero-order valence-electron chi connectivity index (χ0n) is 14.8. The van der Waals surface area contributed by atoms with Crippen LogP contribution in [0.3, 0.4) is 0 Å². The maximum Gasteiger partial charge on any atom is 0.243 e. The quantitative estimate of drug-likeness (QED) is 0.868. The van der Waals surface area contributed by atoms with Crippen LogP contribution >= 0.6 is 12.4 Å².